The van der Waals surface area contributed by atoms with Crippen LogP contribution < -0.4 is 10.2 Å². The molecule has 3 rings (SSSR count). The van der Waals surface area contributed by atoms with Crippen molar-refractivity contribution in [3.8, 4) is 0 Å². The third-order valence-electron chi connectivity index (χ3n) is 4.92. The predicted octanol–water partition coefficient (Wildman–Crippen LogP) is 3.05. The number of anilines is 1. The number of benzene rings is 1. The van der Waals surface area contributed by atoms with Crippen LogP contribution in [-0.2, 0) is 19.3 Å². The average molecular weight is 407 g/mol. The summed E-state index contributed by atoms with van der Waals surface area (Å²) < 4.78 is 40.1. The molecule has 1 aromatic heterocycles. The molecule has 0 amide bonds. The summed E-state index contributed by atoms with van der Waals surface area (Å²) in [4.78, 5) is 12.1. The van der Waals surface area contributed by atoms with Gasteiger partial charge in [-0.25, -0.2) is 8.42 Å². The van der Waals surface area contributed by atoms with Crippen LogP contribution in [0.1, 0.15) is 44.3 Å². The Hall–Kier alpha value is -1.68. The van der Waals surface area contributed by atoms with Gasteiger partial charge in [-0.3, -0.25) is 9.52 Å². The highest BCUT2D eigenvalue weighted by Gasteiger charge is 2.51. The third kappa shape index (κ3) is 3.82. The van der Waals surface area contributed by atoms with Gasteiger partial charge in [0.05, 0.1) is 26.7 Å². The highest BCUT2D eigenvalue weighted by atomic mass is 32.2. The van der Waals surface area contributed by atoms with Gasteiger partial charge in [-0.1, -0.05) is 12.1 Å². The van der Waals surface area contributed by atoms with E-state index in [2.05, 4.69) is 4.72 Å². The first-order chi connectivity index (χ1) is 12.4. The third-order valence-corrected chi connectivity index (χ3v) is 7.30. The van der Waals surface area contributed by atoms with Crippen molar-refractivity contribution in [2.45, 2.75) is 50.7 Å². The van der Waals surface area contributed by atoms with Crippen LogP contribution in [-0.4, -0.2) is 32.5 Å². The quantitative estimate of drug-likeness (QED) is 0.609. The van der Waals surface area contributed by atoms with Crippen LogP contribution >= 0.6 is 11.3 Å². The molecule has 1 N–H and O–H groups in total. The molecule has 1 aliphatic heterocycles. The van der Waals surface area contributed by atoms with Gasteiger partial charge in [0.25, 0.3) is 10.0 Å². The second-order valence-corrected chi connectivity index (χ2v) is 10.1. The summed E-state index contributed by atoms with van der Waals surface area (Å²) in [7, 11) is -4.51. The zero-order chi connectivity index (χ0) is 20.0. The van der Waals surface area contributed by atoms with E-state index in [1.54, 1.807) is 23.6 Å². The maximum Gasteiger partial charge on any atom is 0.494 e. The minimum atomic E-state index is -3.86. The summed E-state index contributed by atoms with van der Waals surface area (Å²) >= 11 is 1.20. The SMILES string of the molecule is CC(=O)c1sccc1NS(=O)(=O)c1cccc(B2OC(C)(C)C(C)(C)O2)c1. The minimum Gasteiger partial charge on any atom is -0.399 e. The second-order valence-electron chi connectivity index (χ2n) is 7.49. The maximum absolute atomic E-state index is 12.8. The number of rotatable bonds is 5. The number of ketones is 1. The lowest BCUT2D eigenvalue weighted by Gasteiger charge is -2.32. The zero-order valence-corrected chi connectivity index (χ0v) is 17.5. The van der Waals surface area contributed by atoms with E-state index < -0.39 is 28.3 Å². The number of carbonyl (C=O) groups excluding carboxylic acids is 1. The molecular formula is C18H22BNO5S2. The van der Waals surface area contributed by atoms with Crippen molar-refractivity contribution in [3.63, 3.8) is 0 Å². The molecule has 0 unspecified atom stereocenters. The predicted molar refractivity (Wildman–Crippen MR) is 107 cm³/mol. The number of sulfonamides is 1. The second kappa shape index (κ2) is 6.74. The normalized spacial score (nSPS) is 18.5. The van der Waals surface area contributed by atoms with Crippen LogP contribution in [0.25, 0.3) is 0 Å². The van der Waals surface area contributed by atoms with Gasteiger partial charge >= 0.3 is 7.12 Å². The van der Waals surface area contributed by atoms with Gasteiger partial charge in [0, 0.05) is 6.92 Å². The lowest BCUT2D eigenvalue weighted by atomic mass is 9.79. The van der Waals surface area contributed by atoms with E-state index in [9.17, 15) is 13.2 Å². The first-order valence-corrected chi connectivity index (χ1v) is 10.9. The number of nitrogens with one attached hydrogen (secondary N) is 1. The first-order valence-electron chi connectivity index (χ1n) is 8.50. The largest absolute Gasteiger partial charge is 0.494 e. The number of hydrogen-bond donors (Lipinski definition) is 1. The summed E-state index contributed by atoms with van der Waals surface area (Å²) in [6.07, 6.45) is 0. The van der Waals surface area contributed by atoms with Gasteiger partial charge in [-0.2, -0.15) is 0 Å². The molecule has 0 saturated carbocycles. The van der Waals surface area contributed by atoms with Crippen molar-refractivity contribution in [2.24, 2.45) is 0 Å². The fraction of sp³-hybridized carbons (Fsp3) is 0.389. The van der Waals surface area contributed by atoms with Crippen molar-refractivity contribution in [1.29, 1.82) is 0 Å². The van der Waals surface area contributed by atoms with E-state index in [0.29, 0.717) is 10.3 Å². The molecule has 144 valence electrons. The topological polar surface area (TPSA) is 81.7 Å². The van der Waals surface area contributed by atoms with Gasteiger partial charge in [0.15, 0.2) is 5.78 Å². The molecule has 0 atom stereocenters. The summed E-state index contributed by atoms with van der Waals surface area (Å²) in [5, 5.41) is 1.68. The fourth-order valence-electron chi connectivity index (χ4n) is 2.67. The Balaban J connectivity index is 1.89. The van der Waals surface area contributed by atoms with Crippen LogP contribution in [0.2, 0.25) is 0 Å². The molecule has 27 heavy (non-hydrogen) atoms. The molecule has 1 fully saturated rings. The summed E-state index contributed by atoms with van der Waals surface area (Å²) in [5.41, 5.74) is -0.127. The minimum absolute atomic E-state index is 0.0791. The van der Waals surface area contributed by atoms with Crippen LogP contribution in [0.3, 0.4) is 0 Å². The number of thiophene rings is 1. The standard InChI is InChI=1S/C18H22BNO5S2/c1-12(21)16-15(9-10-26-16)20-27(22,23)14-8-6-7-13(11-14)19-24-17(2,3)18(4,5)25-19/h6-11,20H,1-5H3. The van der Waals surface area contributed by atoms with E-state index in [4.69, 9.17) is 9.31 Å². The molecule has 1 aromatic carbocycles. The molecule has 2 aromatic rings. The van der Waals surface area contributed by atoms with E-state index >= 15 is 0 Å². The Morgan fingerprint density at radius 2 is 1.74 bits per heavy atom. The van der Waals surface area contributed by atoms with E-state index in [-0.39, 0.29) is 16.4 Å². The summed E-state index contributed by atoms with van der Waals surface area (Å²) in [5.74, 6) is -0.186. The molecule has 2 heterocycles. The molecule has 9 heteroatoms. The maximum atomic E-state index is 12.8. The molecule has 6 nitrogen and oxygen atoms in total. The molecule has 0 radical (unpaired) electrons. The lowest BCUT2D eigenvalue weighted by molar-refractivity contribution is 0.00578. The molecule has 0 spiro atoms. The van der Waals surface area contributed by atoms with Crippen molar-refractivity contribution in [1.82, 2.24) is 0 Å². The Labute approximate surface area is 164 Å². The van der Waals surface area contributed by atoms with E-state index in [0.717, 1.165) is 0 Å². The average Bonchev–Trinajstić information content (AvgIpc) is 3.09. The van der Waals surface area contributed by atoms with Crippen molar-refractivity contribution in [3.05, 3.63) is 40.6 Å². The number of hydrogen-bond acceptors (Lipinski definition) is 6. The van der Waals surface area contributed by atoms with Gasteiger partial charge in [-0.05, 0) is 56.7 Å². The first kappa shape index (κ1) is 20.1. The smallest absolute Gasteiger partial charge is 0.399 e. The zero-order valence-electron chi connectivity index (χ0n) is 15.9. The number of carbonyl (C=O) groups is 1. The lowest BCUT2D eigenvalue weighted by Crippen LogP contribution is -2.41. The van der Waals surface area contributed by atoms with Gasteiger partial charge in [-0.15, -0.1) is 11.3 Å². The molecule has 1 aliphatic rings. The van der Waals surface area contributed by atoms with Gasteiger partial charge < -0.3 is 9.31 Å². The van der Waals surface area contributed by atoms with Crippen molar-refractivity contribution in [2.75, 3.05) is 4.72 Å². The van der Waals surface area contributed by atoms with Gasteiger partial charge in [0.1, 0.15) is 0 Å². The monoisotopic (exact) mass is 407 g/mol. The Morgan fingerprint density at radius 3 is 2.33 bits per heavy atom. The Kier molecular flexibility index (Phi) is 5.01. The summed E-state index contributed by atoms with van der Waals surface area (Å²) in [6.45, 7) is 9.16. The van der Waals surface area contributed by atoms with Crippen LogP contribution in [0.15, 0.2) is 40.6 Å². The highest BCUT2D eigenvalue weighted by Crippen LogP contribution is 2.36. The van der Waals surface area contributed by atoms with Crippen molar-refractivity contribution < 1.29 is 22.5 Å². The van der Waals surface area contributed by atoms with Gasteiger partial charge in [0.2, 0.25) is 0 Å². The van der Waals surface area contributed by atoms with E-state index in [1.165, 1.54) is 30.4 Å². The fourth-order valence-corrected chi connectivity index (χ4v) is 4.62. The molecule has 0 bridgehead atoms. The molecule has 0 aliphatic carbocycles. The summed E-state index contributed by atoms with van der Waals surface area (Å²) in [6, 6.07) is 8.03. The Bertz CT molecular complexity index is 965. The highest BCUT2D eigenvalue weighted by molar-refractivity contribution is 7.92. The number of Topliss-reactive ketones (excluding diaryl/α,β-unsaturated/α-hetero) is 1. The van der Waals surface area contributed by atoms with Crippen LogP contribution in [0, 0.1) is 0 Å². The van der Waals surface area contributed by atoms with E-state index in [1.807, 2.05) is 27.7 Å². The molecular weight excluding hydrogens is 385 g/mol. The Morgan fingerprint density at radius 1 is 1.11 bits per heavy atom. The molecule has 1 saturated heterocycles. The van der Waals surface area contributed by atoms with Crippen molar-refractivity contribution >= 4 is 45.4 Å². The van der Waals surface area contributed by atoms with Crippen LogP contribution in [0.5, 0.6) is 0 Å². The van der Waals surface area contributed by atoms with Crippen LogP contribution in [0.4, 0.5) is 5.69 Å².